The van der Waals surface area contributed by atoms with E-state index < -0.39 is 0 Å². The van der Waals surface area contributed by atoms with E-state index in [1.54, 1.807) is 14.7 Å². The molecule has 2 saturated heterocycles. The van der Waals surface area contributed by atoms with Crippen LogP contribution < -0.4 is 14.4 Å². The number of ether oxygens (including phenoxy) is 2. The normalized spacial score (nSPS) is 18.6. The summed E-state index contributed by atoms with van der Waals surface area (Å²) in [7, 11) is 0. The molecule has 1 aromatic carbocycles. The van der Waals surface area contributed by atoms with Crippen molar-refractivity contribution in [2.24, 2.45) is 0 Å². The van der Waals surface area contributed by atoms with E-state index in [0.29, 0.717) is 44.2 Å². The molecule has 0 saturated carbocycles. The largest absolute Gasteiger partial charge is 0.494 e. The second-order valence-corrected chi connectivity index (χ2v) is 7.77. The fourth-order valence-corrected chi connectivity index (χ4v) is 3.78. The molecule has 0 radical (unpaired) electrons. The lowest BCUT2D eigenvalue weighted by Gasteiger charge is -2.22. The van der Waals surface area contributed by atoms with Crippen molar-refractivity contribution in [2.45, 2.75) is 19.4 Å². The van der Waals surface area contributed by atoms with Crippen LogP contribution in [0.25, 0.3) is 0 Å². The van der Waals surface area contributed by atoms with Gasteiger partial charge < -0.3 is 19.3 Å². The van der Waals surface area contributed by atoms with Crippen molar-refractivity contribution in [3.63, 3.8) is 0 Å². The van der Waals surface area contributed by atoms with E-state index in [9.17, 15) is 9.59 Å². The van der Waals surface area contributed by atoms with Crippen molar-refractivity contribution >= 4 is 29.2 Å². The number of rotatable bonds is 7. The van der Waals surface area contributed by atoms with Crippen LogP contribution in [0.2, 0.25) is 5.02 Å². The monoisotopic (exact) mass is 445 g/mol. The van der Waals surface area contributed by atoms with Gasteiger partial charge in [0.1, 0.15) is 18.4 Å². The summed E-state index contributed by atoms with van der Waals surface area (Å²) in [6.07, 6.45) is 3.44. The molecular formula is C21H24ClN5O4. The van der Waals surface area contributed by atoms with Gasteiger partial charge in [-0.15, -0.1) is 0 Å². The summed E-state index contributed by atoms with van der Waals surface area (Å²) < 4.78 is 11.2. The molecule has 0 bridgehead atoms. The molecule has 2 aromatic rings. The Labute approximate surface area is 185 Å². The number of halogens is 1. The van der Waals surface area contributed by atoms with Crippen molar-refractivity contribution in [3.8, 4) is 11.8 Å². The molecule has 4 rings (SSSR count). The SMILES string of the molecule is CCOc1ccc(N2CCN(CC(=O)N3CC[C@@H](Oc4ncc(Cl)cn4)C3)C2=O)cc1. The molecule has 3 amide bonds. The minimum Gasteiger partial charge on any atom is -0.494 e. The van der Waals surface area contributed by atoms with Gasteiger partial charge in [-0.1, -0.05) is 11.6 Å². The molecule has 3 heterocycles. The average Bonchev–Trinajstić information content (AvgIpc) is 3.38. The highest BCUT2D eigenvalue weighted by Crippen LogP contribution is 2.24. The minimum atomic E-state index is -0.181. The van der Waals surface area contributed by atoms with Crippen LogP contribution in [0, 0.1) is 0 Å². The molecule has 164 valence electrons. The topological polar surface area (TPSA) is 88.1 Å². The van der Waals surface area contributed by atoms with Gasteiger partial charge in [-0.2, -0.15) is 0 Å². The lowest BCUT2D eigenvalue weighted by Crippen LogP contribution is -2.42. The van der Waals surface area contributed by atoms with Crippen LogP contribution in [0.1, 0.15) is 13.3 Å². The number of hydrogen-bond donors (Lipinski definition) is 0. The number of amides is 3. The Balaban J connectivity index is 1.29. The van der Waals surface area contributed by atoms with Crippen molar-refractivity contribution < 1.29 is 19.1 Å². The standard InChI is InChI=1S/C21H24ClN5O4/c1-2-30-17-5-3-16(4-6-17)27-10-9-26(21(27)29)14-19(28)25-8-7-18(13-25)31-20-23-11-15(22)12-24-20/h3-6,11-12,18H,2,7-10,13-14H2,1H3/t18-/m1/s1. The van der Waals surface area contributed by atoms with Crippen LogP contribution in [0.5, 0.6) is 11.8 Å². The number of nitrogens with zero attached hydrogens (tertiary/aromatic N) is 5. The number of hydrogen-bond acceptors (Lipinski definition) is 6. The van der Waals surface area contributed by atoms with Crippen LogP contribution in [0.4, 0.5) is 10.5 Å². The lowest BCUT2D eigenvalue weighted by atomic mass is 10.3. The quantitative estimate of drug-likeness (QED) is 0.650. The first kappa shape index (κ1) is 21.2. The van der Waals surface area contributed by atoms with Crippen molar-refractivity contribution in [1.82, 2.24) is 19.8 Å². The molecule has 10 heteroatoms. The van der Waals surface area contributed by atoms with Gasteiger partial charge in [0, 0.05) is 31.7 Å². The first-order valence-electron chi connectivity index (χ1n) is 10.2. The van der Waals surface area contributed by atoms with Crippen LogP contribution in [-0.4, -0.2) is 77.1 Å². The van der Waals surface area contributed by atoms with Crippen molar-refractivity contribution in [2.75, 3.05) is 44.2 Å². The Morgan fingerprint density at radius 2 is 1.90 bits per heavy atom. The molecule has 31 heavy (non-hydrogen) atoms. The minimum absolute atomic E-state index is 0.0521. The third kappa shape index (κ3) is 4.99. The number of carbonyl (C=O) groups is 2. The predicted molar refractivity (Wildman–Crippen MR) is 115 cm³/mol. The predicted octanol–water partition coefficient (Wildman–Crippen LogP) is 2.45. The van der Waals surface area contributed by atoms with E-state index in [0.717, 1.165) is 11.4 Å². The summed E-state index contributed by atoms with van der Waals surface area (Å²) in [5.41, 5.74) is 0.793. The fraction of sp³-hybridized carbons (Fsp3) is 0.429. The van der Waals surface area contributed by atoms with Gasteiger partial charge in [0.25, 0.3) is 0 Å². The highest BCUT2D eigenvalue weighted by atomic mass is 35.5. The summed E-state index contributed by atoms with van der Waals surface area (Å²) in [5.74, 6) is 0.671. The Hall–Kier alpha value is -3.07. The van der Waals surface area contributed by atoms with E-state index in [1.807, 2.05) is 31.2 Å². The molecule has 0 unspecified atom stereocenters. The lowest BCUT2D eigenvalue weighted by molar-refractivity contribution is -0.130. The van der Waals surface area contributed by atoms with Crippen LogP contribution >= 0.6 is 11.6 Å². The Kier molecular flexibility index (Phi) is 6.41. The Bertz CT molecular complexity index is 924. The number of anilines is 1. The third-order valence-electron chi connectivity index (χ3n) is 5.25. The molecule has 9 nitrogen and oxygen atoms in total. The zero-order chi connectivity index (χ0) is 21.8. The third-order valence-corrected chi connectivity index (χ3v) is 5.44. The molecule has 2 aliphatic heterocycles. The number of urea groups is 1. The molecule has 0 N–H and O–H groups in total. The molecule has 2 fully saturated rings. The number of benzene rings is 1. The van der Waals surface area contributed by atoms with Gasteiger partial charge >= 0.3 is 12.0 Å². The van der Waals surface area contributed by atoms with Crippen molar-refractivity contribution in [3.05, 3.63) is 41.7 Å². The Morgan fingerprint density at radius 3 is 2.61 bits per heavy atom. The Morgan fingerprint density at radius 1 is 1.16 bits per heavy atom. The summed E-state index contributed by atoms with van der Waals surface area (Å²) in [6.45, 7) is 4.62. The van der Waals surface area contributed by atoms with Gasteiger partial charge in [-0.3, -0.25) is 9.69 Å². The molecular weight excluding hydrogens is 422 g/mol. The molecule has 1 aromatic heterocycles. The van der Waals surface area contributed by atoms with Crippen LogP contribution in [-0.2, 0) is 4.79 Å². The van der Waals surface area contributed by atoms with Gasteiger partial charge in [-0.25, -0.2) is 14.8 Å². The molecule has 1 atom stereocenters. The van der Waals surface area contributed by atoms with E-state index in [-0.39, 0.29) is 30.6 Å². The average molecular weight is 446 g/mol. The van der Waals surface area contributed by atoms with Gasteiger partial charge in [0.2, 0.25) is 5.91 Å². The van der Waals surface area contributed by atoms with E-state index >= 15 is 0 Å². The first-order valence-corrected chi connectivity index (χ1v) is 10.6. The number of carbonyl (C=O) groups excluding carboxylic acids is 2. The maximum atomic E-state index is 12.8. The zero-order valence-electron chi connectivity index (χ0n) is 17.2. The zero-order valence-corrected chi connectivity index (χ0v) is 18.0. The van der Waals surface area contributed by atoms with Gasteiger partial charge in [0.05, 0.1) is 30.6 Å². The van der Waals surface area contributed by atoms with E-state index in [4.69, 9.17) is 21.1 Å². The van der Waals surface area contributed by atoms with Crippen LogP contribution in [0.3, 0.4) is 0 Å². The highest BCUT2D eigenvalue weighted by Gasteiger charge is 2.34. The first-order chi connectivity index (χ1) is 15.0. The fourth-order valence-electron chi connectivity index (χ4n) is 3.68. The summed E-state index contributed by atoms with van der Waals surface area (Å²) in [4.78, 5) is 38.6. The summed E-state index contributed by atoms with van der Waals surface area (Å²) in [5, 5.41) is 0.435. The highest BCUT2D eigenvalue weighted by molar-refractivity contribution is 6.30. The molecule has 0 spiro atoms. The maximum absolute atomic E-state index is 12.8. The molecule has 2 aliphatic rings. The van der Waals surface area contributed by atoms with Gasteiger partial charge in [0.15, 0.2) is 0 Å². The van der Waals surface area contributed by atoms with Crippen LogP contribution in [0.15, 0.2) is 36.7 Å². The second kappa shape index (κ2) is 9.38. The number of aromatic nitrogens is 2. The number of likely N-dealkylation sites (tertiary alicyclic amines) is 1. The second-order valence-electron chi connectivity index (χ2n) is 7.33. The smallest absolute Gasteiger partial charge is 0.325 e. The molecule has 0 aliphatic carbocycles. The van der Waals surface area contributed by atoms with Gasteiger partial charge in [-0.05, 0) is 31.2 Å². The van der Waals surface area contributed by atoms with E-state index in [2.05, 4.69) is 9.97 Å². The van der Waals surface area contributed by atoms with E-state index in [1.165, 1.54) is 12.4 Å². The maximum Gasteiger partial charge on any atom is 0.325 e. The summed E-state index contributed by atoms with van der Waals surface area (Å²) in [6, 6.07) is 7.47. The summed E-state index contributed by atoms with van der Waals surface area (Å²) >= 11 is 5.78. The van der Waals surface area contributed by atoms with Crippen molar-refractivity contribution in [1.29, 1.82) is 0 Å².